The van der Waals surface area contributed by atoms with Gasteiger partial charge in [0, 0.05) is 41.4 Å². The van der Waals surface area contributed by atoms with Gasteiger partial charge >= 0.3 is 0 Å². The van der Waals surface area contributed by atoms with Gasteiger partial charge in [-0.1, -0.05) is 34.1 Å². The molecule has 0 aromatic carbocycles. The van der Waals surface area contributed by atoms with E-state index >= 15 is 0 Å². The van der Waals surface area contributed by atoms with E-state index in [1.54, 1.807) is 0 Å². The molecule has 0 aromatic rings. The number of nitrogens with zero attached hydrogens (tertiary/aromatic N) is 1. The Balaban J connectivity index is 2.47. The van der Waals surface area contributed by atoms with Crippen LogP contribution >= 0.6 is 0 Å². The fourth-order valence-corrected chi connectivity index (χ4v) is 3.84. The predicted octanol–water partition coefficient (Wildman–Crippen LogP) is 2.28. The molecule has 0 heterocycles. The zero-order chi connectivity index (χ0) is 15.2. The van der Waals surface area contributed by atoms with Crippen molar-refractivity contribution in [2.75, 3.05) is 19.3 Å². The van der Waals surface area contributed by atoms with Crippen molar-refractivity contribution in [2.24, 2.45) is 10.4 Å². The van der Waals surface area contributed by atoms with Crippen LogP contribution in [0.1, 0.15) is 53.4 Å². The Morgan fingerprint density at radius 2 is 2.05 bits per heavy atom. The van der Waals surface area contributed by atoms with Crippen LogP contribution in [0.25, 0.3) is 0 Å². The molecule has 1 saturated carbocycles. The third kappa shape index (κ3) is 6.25. The molecule has 0 amide bonds. The molecule has 5 heteroatoms. The van der Waals surface area contributed by atoms with Gasteiger partial charge in [-0.05, 0) is 24.7 Å². The summed E-state index contributed by atoms with van der Waals surface area (Å²) in [4.78, 5) is 4.29. The summed E-state index contributed by atoms with van der Waals surface area (Å²) in [5, 5.41) is 7.22. The highest BCUT2D eigenvalue weighted by Gasteiger charge is 2.26. The largest absolute Gasteiger partial charge is 0.356 e. The molecule has 0 aromatic heterocycles. The quantitative estimate of drug-likeness (QED) is 0.619. The molecule has 1 aliphatic rings. The molecule has 2 N–H and O–H groups in total. The normalized spacial score (nSPS) is 26.1. The van der Waals surface area contributed by atoms with Crippen LogP contribution < -0.4 is 10.6 Å². The summed E-state index contributed by atoms with van der Waals surface area (Å²) in [5.41, 5.74) is 0.233. The van der Waals surface area contributed by atoms with Gasteiger partial charge in [-0.25, -0.2) is 0 Å². The van der Waals surface area contributed by atoms with E-state index in [2.05, 4.69) is 36.4 Å². The van der Waals surface area contributed by atoms with Gasteiger partial charge in [0.15, 0.2) is 5.96 Å². The molecule has 0 radical (unpaired) electrons. The molecule has 3 atom stereocenters. The van der Waals surface area contributed by atoms with Crippen LogP contribution in [0.4, 0.5) is 0 Å². The monoisotopic (exact) mass is 301 g/mol. The van der Waals surface area contributed by atoms with Crippen molar-refractivity contribution in [3.8, 4) is 0 Å². The van der Waals surface area contributed by atoms with Crippen molar-refractivity contribution in [3.05, 3.63) is 0 Å². The van der Waals surface area contributed by atoms with E-state index in [0.717, 1.165) is 43.9 Å². The summed E-state index contributed by atoms with van der Waals surface area (Å²) in [6.45, 7) is 9.51. The fraction of sp³-hybridized carbons (Fsp3) is 0.933. The maximum absolute atomic E-state index is 12.0. The first-order valence-electron chi connectivity index (χ1n) is 7.70. The van der Waals surface area contributed by atoms with Gasteiger partial charge < -0.3 is 10.6 Å². The predicted molar refractivity (Wildman–Crippen MR) is 88.7 cm³/mol. The lowest BCUT2D eigenvalue weighted by Gasteiger charge is -2.31. The Kier molecular flexibility index (Phi) is 7.00. The lowest BCUT2D eigenvalue weighted by atomic mass is 9.95. The number of hydrogen-bond acceptors (Lipinski definition) is 2. The topological polar surface area (TPSA) is 53.5 Å². The Morgan fingerprint density at radius 3 is 2.60 bits per heavy atom. The summed E-state index contributed by atoms with van der Waals surface area (Å²) in [5.74, 6) is 1.64. The molecule has 0 aliphatic heterocycles. The van der Waals surface area contributed by atoms with E-state index in [1.165, 1.54) is 0 Å². The number of hydrogen-bond donors (Lipinski definition) is 2. The molecule has 1 rings (SSSR count). The standard InChI is InChI=1S/C15H31N3OS/c1-6-20(19)13-9-7-8-12(10-13)18-14(16-5)17-11-15(2,3)4/h12-13H,6-11H2,1-5H3,(H2,16,17,18). The van der Waals surface area contributed by atoms with Crippen LogP contribution in [0.2, 0.25) is 0 Å². The number of rotatable bonds is 4. The highest BCUT2D eigenvalue weighted by Crippen LogP contribution is 2.23. The van der Waals surface area contributed by atoms with Crippen LogP contribution in [0.3, 0.4) is 0 Å². The summed E-state index contributed by atoms with van der Waals surface area (Å²) >= 11 is 0. The number of aliphatic imine (C=N–C) groups is 1. The molecule has 1 aliphatic carbocycles. The van der Waals surface area contributed by atoms with Gasteiger partial charge in [0.05, 0.1) is 0 Å². The highest BCUT2D eigenvalue weighted by molar-refractivity contribution is 7.85. The first kappa shape index (κ1) is 17.5. The van der Waals surface area contributed by atoms with Crippen LogP contribution in [0, 0.1) is 5.41 Å². The van der Waals surface area contributed by atoms with Gasteiger partial charge in [0.25, 0.3) is 0 Å². The Hall–Kier alpha value is -0.580. The lowest BCUT2D eigenvalue weighted by molar-refractivity contribution is 0.392. The van der Waals surface area contributed by atoms with Crippen LogP contribution in [-0.2, 0) is 10.8 Å². The SMILES string of the molecule is CCS(=O)C1CCCC(NC(=NC)NCC(C)(C)C)C1. The van der Waals surface area contributed by atoms with E-state index in [-0.39, 0.29) is 5.41 Å². The van der Waals surface area contributed by atoms with Gasteiger partial charge in [-0.15, -0.1) is 0 Å². The second kappa shape index (κ2) is 8.01. The molecule has 118 valence electrons. The molecule has 20 heavy (non-hydrogen) atoms. The molecular weight excluding hydrogens is 270 g/mol. The molecular formula is C15H31N3OS. The van der Waals surface area contributed by atoms with E-state index in [4.69, 9.17) is 0 Å². The molecule has 3 unspecified atom stereocenters. The minimum Gasteiger partial charge on any atom is -0.356 e. The van der Waals surface area contributed by atoms with Gasteiger partial charge in [0.2, 0.25) is 0 Å². The summed E-state index contributed by atoms with van der Waals surface area (Å²) in [7, 11) is 1.14. The molecule has 1 fully saturated rings. The smallest absolute Gasteiger partial charge is 0.191 e. The first-order valence-corrected chi connectivity index (χ1v) is 9.08. The molecule has 0 bridgehead atoms. The maximum atomic E-state index is 12.0. The van der Waals surface area contributed by atoms with E-state index in [9.17, 15) is 4.21 Å². The zero-order valence-corrected chi connectivity index (χ0v) is 14.5. The summed E-state index contributed by atoms with van der Waals surface area (Å²) in [6, 6.07) is 0.399. The van der Waals surface area contributed by atoms with Crippen molar-refractivity contribution in [1.29, 1.82) is 0 Å². The minimum atomic E-state index is -0.669. The van der Waals surface area contributed by atoms with E-state index in [1.807, 2.05) is 14.0 Å². The third-order valence-corrected chi connectivity index (χ3v) is 5.37. The molecule has 4 nitrogen and oxygen atoms in total. The molecule has 0 spiro atoms. The average molecular weight is 302 g/mol. The van der Waals surface area contributed by atoms with Crippen LogP contribution in [0.5, 0.6) is 0 Å². The Bertz CT molecular complexity index is 350. The van der Waals surface area contributed by atoms with Gasteiger partial charge in [-0.2, -0.15) is 0 Å². The second-order valence-corrected chi connectivity index (χ2v) is 8.79. The number of guanidine groups is 1. The number of nitrogens with one attached hydrogen (secondary N) is 2. The zero-order valence-electron chi connectivity index (χ0n) is 13.7. The van der Waals surface area contributed by atoms with Crippen LogP contribution in [-0.4, -0.2) is 40.8 Å². The maximum Gasteiger partial charge on any atom is 0.191 e. The minimum absolute atomic E-state index is 0.233. The van der Waals surface area contributed by atoms with Gasteiger partial charge in [-0.3, -0.25) is 9.20 Å². The third-order valence-electron chi connectivity index (χ3n) is 3.63. The summed E-state index contributed by atoms with van der Waals surface area (Å²) in [6.07, 6.45) is 4.40. The Morgan fingerprint density at radius 1 is 1.35 bits per heavy atom. The average Bonchev–Trinajstić information content (AvgIpc) is 2.41. The first-order chi connectivity index (χ1) is 9.35. The highest BCUT2D eigenvalue weighted by atomic mass is 32.2. The van der Waals surface area contributed by atoms with Crippen molar-refractivity contribution < 1.29 is 4.21 Å². The molecule has 0 saturated heterocycles. The summed E-state index contributed by atoms with van der Waals surface area (Å²) < 4.78 is 12.0. The lowest BCUT2D eigenvalue weighted by Crippen LogP contribution is -2.48. The van der Waals surface area contributed by atoms with E-state index < -0.39 is 10.8 Å². The van der Waals surface area contributed by atoms with E-state index in [0.29, 0.717) is 11.3 Å². The van der Waals surface area contributed by atoms with Crippen LogP contribution in [0.15, 0.2) is 4.99 Å². The Labute approximate surface area is 126 Å². The van der Waals surface area contributed by atoms with Crippen molar-refractivity contribution in [2.45, 2.75) is 64.7 Å². The van der Waals surface area contributed by atoms with Crippen molar-refractivity contribution in [1.82, 2.24) is 10.6 Å². The van der Waals surface area contributed by atoms with Crippen molar-refractivity contribution in [3.63, 3.8) is 0 Å². The van der Waals surface area contributed by atoms with Crippen molar-refractivity contribution >= 4 is 16.8 Å². The fourth-order valence-electron chi connectivity index (χ4n) is 2.49. The second-order valence-electron chi connectivity index (χ2n) is 6.79. The van der Waals surface area contributed by atoms with Gasteiger partial charge in [0.1, 0.15) is 0 Å².